The molecule has 0 bridgehead atoms. The first kappa shape index (κ1) is 27.8. The number of amides is 3. The highest BCUT2D eigenvalue weighted by Gasteiger charge is 2.37. The highest BCUT2D eigenvalue weighted by molar-refractivity contribution is 7.17. The molecule has 0 spiro atoms. The molecule has 5 rings (SSSR count). The maximum atomic E-state index is 13.8. The van der Waals surface area contributed by atoms with Gasteiger partial charge >= 0.3 is 0 Å². The van der Waals surface area contributed by atoms with Crippen LogP contribution in [0.4, 0.5) is 0 Å². The normalized spacial score (nSPS) is 16.2. The van der Waals surface area contributed by atoms with Crippen LogP contribution in [-0.2, 0) is 27.2 Å². The first-order chi connectivity index (χ1) is 19.3. The van der Waals surface area contributed by atoms with Gasteiger partial charge in [-0.05, 0) is 64.7 Å². The van der Waals surface area contributed by atoms with Crippen LogP contribution < -0.4 is 27.0 Å². The summed E-state index contributed by atoms with van der Waals surface area (Å²) in [7, 11) is 0. The summed E-state index contributed by atoms with van der Waals surface area (Å²) in [6.07, 6.45) is 1.03. The highest BCUT2D eigenvalue weighted by atomic mass is 32.1. The van der Waals surface area contributed by atoms with Gasteiger partial charge in [0.2, 0.25) is 17.7 Å². The number of piperidine rings is 1. The molecule has 9 heteroatoms. The third kappa shape index (κ3) is 6.50. The van der Waals surface area contributed by atoms with E-state index in [1.165, 1.54) is 6.92 Å². The maximum absolute atomic E-state index is 13.8. The van der Waals surface area contributed by atoms with Gasteiger partial charge in [0.1, 0.15) is 12.2 Å². The van der Waals surface area contributed by atoms with E-state index in [0.717, 1.165) is 32.0 Å². The van der Waals surface area contributed by atoms with Crippen LogP contribution in [0, 0.1) is 0 Å². The quantitative estimate of drug-likeness (QED) is 0.202. The molecule has 1 fully saturated rings. The van der Waals surface area contributed by atoms with Crippen molar-refractivity contribution in [1.82, 2.24) is 21.3 Å². The van der Waals surface area contributed by atoms with Crippen molar-refractivity contribution >= 4 is 49.9 Å². The first-order valence-electron chi connectivity index (χ1n) is 13.6. The molecule has 0 radical (unpaired) electrons. The van der Waals surface area contributed by atoms with E-state index in [2.05, 4.69) is 26.6 Å². The fourth-order valence-corrected chi connectivity index (χ4v) is 6.25. The molecule has 6 N–H and O–H groups in total. The van der Waals surface area contributed by atoms with E-state index in [9.17, 15) is 14.4 Å². The summed E-state index contributed by atoms with van der Waals surface area (Å²) in [5, 5.41) is 17.3. The molecule has 2 atom stereocenters. The van der Waals surface area contributed by atoms with E-state index in [1.807, 2.05) is 66.7 Å². The van der Waals surface area contributed by atoms with Crippen LogP contribution in [0.3, 0.4) is 0 Å². The van der Waals surface area contributed by atoms with Crippen molar-refractivity contribution in [1.29, 1.82) is 0 Å². The minimum atomic E-state index is -1.04. The molecule has 1 saturated heterocycles. The largest absolute Gasteiger partial charge is 0.342 e. The topological polar surface area (TPSA) is 125 Å². The number of thiophene rings is 1. The van der Waals surface area contributed by atoms with Crippen molar-refractivity contribution < 1.29 is 14.4 Å². The average Bonchev–Trinajstić information content (AvgIpc) is 3.35. The SMILES string of the molecule is CC(=O)N[C@@H](Cc1csc2ccccc12)NC(=O)[C@@H](Cc1ccc2ccccc2c1)NC(=O)C1(N)CCNCC1. The minimum absolute atomic E-state index is 0.254. The molecule has 3 amide bonds. The number of carbonyl (C=O) groups excluding carboxylic acids is 3. The lowest BCUT2D eigenvalue weighted by Gasteiger charge is -2.34. The predicted molar refractivity (Wildman–Crippen MR) is 160 cm³/mol. The summed E-state index contributed by atoms with van der Waals surface area (Å²) < 4.78 is 1.14. The zero-order chi connectivity index (χ0) is 28.1. The average molecular weight is 558 g/mol. The lowest BCUT2D eigenvalue weighted by Crippen LogP contribution is -2.63. The summed E-state index contributed by atoms with van der Waals surface area (Å²) in [5.41, 5.74) is 7.39. The van der Waals surface area contributed by atoms with E-state index in [0.29, 0.717) is 32.4 Å². The molecule has 2 heterocycles. The zero-order valence-electron chi connectivity index (χ0n) is 22.5. The van der Waals surface area contributed by atoms with Crippen LogP contribution in [0.2, 0.25) is 0 Å². The van der Waals surface area contributed by atoms with E-state index in [-0.39, 0.29) is 24.1 Å². The summed E-state index contributed by atoms with van der Waals surface area (Å²) in [5.74, 6) is -0.970. The van der Waals surface area contributed by atoms with Crippen LogP contribution in [-0.4, -0.2) is 48.6 Å². The number of carbonyl (C=O) groups is 3. The molecule has 208 valence electrons. The molecule has 40 heavy (non-hydrogen) atoms. The standard InChI is InChI=1S/C31H35N5O3S/c1-20(37)34-28(18-24-19-40-27-9-5-4-8-25(24)27)36-29(38)26(35-30(39)31(32)12-14-33-15-13-31)17-21-10-11-22-6-2-3-7-23(22)16-21/h2-11,16,19,26,28,33H,12-15,17-18,32H2,1H3,(H,34,37)(H,35,39)(H,36,38)/t26-,28-/m1/s1. The molecular weight excluding hydrogens is 522 g/mol. The molecule has 1 aliphatic rings. The Hall–Kier alpha value is -3.79. The maximum Gasteiger partial charge on any atom is 0.244 e. The number of nitrogens with one attached hydrogen (secondary N) is 4. The molecule has 1 aliphatic heterocycles. The lowest BCUT2D eigenvalue weighted by molar-refractivity contribution is -0.133. The predicted octanol–water partition coefficient (Wildman–Crippen LogP) is 2.98. The van der Waals surface area contributed by atoms with Gasteiger partial charge in [-0.15, -0.1) is 11.3 Å². The summed E-state index contributed by atoms with van der Waals surface area (Å²) in [6, 6.07) is 21.2. The van der Waals surface area contributed by atoms with Crippen LogP contribution in [0.15, 0.2) is 72.1 Å². The molecule has 4 aromatic rings. The monoisotopic (exact) mass is 557 g/mol. The number of benzene rings is 3. The van der Waals surface area contributed by atoms with Crippen molar-refractivity contribution in [2.45, 2.75) is 50.4 Å². The Balaban J connectivity index is 1.39. The van der Waals surface area contributed by atoms with Crippen molar-refractivity contribution in [2.24, 2.45) is 5.73 Å². The van der Waals surface area contributed by atoms with Gasteiger partial charge in [0.15, 0.2) is 0 Å². The van der Waals surface area contributed by atoms with Crippen molar-refractivity contribution in [2.75, 3.05) is 13.1 Å². The van der Waals surface area contributed by atoms with E-state index in [1.54, 1.807) is 11.3 Å². The summed E-state index contributed by atoms with van der Waals surface area (Å²) >= 11 is 1.62. The number of rotatable bonds is 9. The van der Waals surface area contributed by atoms with Gasteiger partial charge in [0.25, 0.3) is 0 Å². The second-order valence-corrected chi connectivity index (χ2v) is 11.5. The minimum Gasteiger partial charge on any atom is -0.342 e. The number of hydrogen-bond acceptors (Lipinski definition) is 6. The second kappa shape index (κ2) is 12.2. The van der Waals surface area contributed by atoms with Gasteiger partial charge in [-0.2, -0.15) is 0 Å². The molecule has 3 aromatic carbocycles. The third-order valence-electron chi connectivity index (χ3n) is 7.50. The van der Waals surface area contributed by atoms with Gasteiger partial charge in [0, 0.05) is 24.5 Å². The third-order valence-corrected chi connectivity index (χ3v) is 8.51. The van der Waals surface area contributed by atoms with Gasteiger partial charge in [-0.25, -0.2) is 0 Å². The van der Waals surface area contributed by atoms with Crippen molar-refractivity contribution in [3.05, 3.63) is 83.2 Å². The fraction of sp³-hybridized carbons (Fsp3) is 0.323. The smallest absolute Gasteiger partial charge is 0.244 e. The summed E-state index contributed by atoms with van der Waals surface area (Å²) in [6.45, 7) is 2.71. The molecule has 0 unspecified atom stereocenters. The molecule has 1 aromatic heterocycles. The number of hydrogen-bond donors (Lipinski definition) is 5. The summed E-state index contributed by atoms with van der Waals surface area (Å²) in [4.78, 5) is 39.3. The number of fused-ring (bicyclic) bond motifs is 2. The van der Waals surface area contributed by atoms with Crippen molar-refractivity contribution in [3.8, 4) is 0 Å². The van der Waals surface area contributed by atoms with Gasteiger partial charge < -0.3 is 27.0 Å². The molecule has 0 aliphatic carbocycles. The highest BCUT2D eigenvalue weighted by Crippen LogP contribution is 2.26. The zero-order valence-corrected chi connectivity index (χ0v) is 23.4. The van der Waals surface area contributed by atoms with Crippen LogP contribution in [0.1, 0.15) is 30.9 Å². The van der Waals surface area contributed by atoms with Crippen LogP contribution >= 0.6 is 11.3 Å². The Morgan fingerprint density at radius 2 is 1.65 bits per heavy atom. The fourth-order valence-electron chi connectivity index (χ4n) is 5.28. The van der Waals surface area contributed by atoms with Gasteiger partial charge in [-0.3, -0.25) is 14.4 Å². The molecule has 8 nitrogen and oxygen atoms in total. The van der Waals surface area contributed by atoms with Crippen LogP contribution in [0.25, 0.3) is 20.9 Å². The number of nitrogens with two attached hydrogens (primary N) is 1. The van der Waals surface area contributed by atoms with Crippen LogP contribution in [0.5, 0.6) is 0 Å². The molecular formula is C31H35N5O3S. The Morgan fingerprint density at radius 3 is 2.42 bits per heavy atom. The second-order valence-electron chi connectivity index (χ2n) is 10.5. The van der Waals surface area contributed by atoms with Gasteiger partial charge in [-0.1, -0.05) is 60.7 Å². The van der Waals surface area contributed by atoms with E-state index < -0.39 is 17.7 Å². The lowest BCUT2D eigenvalue weighted by atomic mass is 9.88. The Bertz CT molecular complexity index is 1530. The first-order valence-corrected chi connectivity index (χ1v) is 14.5. The Morgan fingerprint density at radius 1 is 0.925 bits per heavy atom. The van der Waals surface area contributed by atoms with E-state index >= 15 is 0 Å². The Labute approximate surface area is 237 Å². The van der Waals surface area contributed by atoms with Gasteiger partial charge in [0.05, 0.1) is 5.54 Å². The molecule has 0 saturated carbocycles. The van der Waals surface area contributed by atoms with Crippen molar-refractivity contribution in [3.63, 3.8) is 0 Å². The van der Waals surface area contributed by atoms with E-state index in [4.69, 9.17) is 5.73 Å². The Kier molecular flexibility index (Phi) is 8.44.